The summed E-state index contributed by atoms with van der Waals surface area (Å²) >= 11 is 0. The van der Waals surface area contributed by atoms with E-state index in [0.717, 1.165) is 65.7 Å². The van der Waals surface area contributed by atoms with E-state index >= 15 is 0 Å². The van der Waals surface area contributed by atoms with Crippen LogP contribution in [0.1, 0.15) is 202 Å². The molecule has 0 spiro atoms. The topological polar surface area (TPSA) is 143 Å². The Kier molecular flexibility index (Phi) is 22.2. The lowest BCUT2D eigenvalue weighted by Gasteiger charge is -2.34. The molecule has 1 saturated heterocycles. The van der Waals surface area contributed by atoms with Crippen LogP contribution in [0.25, 0.3) is 11.1 Å². The van der Waals surface area contributed by atoms with E-state index < -0.39 is 23.3 Å². The highest BCUT2D eigenvalue weighted by molar-refractivity contribution is 5.71. The highest BCUT2D eigenvalue weighted by atomic mass is 16.6. The highest BCUT2D eigenvalue weighted by Gasteiger charge is 2.34. The van der Waals surface area contributed by atoms with Crippen LogP contribution < -0.4 is 9.47 Å². The monoisotopic (exact) mass is 1000 g/mol. The Hall–Kier alpha value is -5.22. The number of allylic oxidation sites excluding steroid dienone is 2. The first-order chi connectivity index (χ1) is 34.6. The molecule has 9 nitrogen and oxygen atoms in total. The van der Waals surface area contributed by atoms with Crippen LogP contribution in [-0.2, 0) is 25.2 Å². The summed E-state index contributed by atoms with van der Waals surface area (Å²) in [6, 6.07) is 26.2. The quantitative estimate of drug-likeness (QED) is 0.0477. The summed E-state index contributed by atoms with van der Waals surface area (Å²) in [6.07, 6.45) is 11.0. The molecular formula is C64H90O9. The van der Waals surface area contributed by atoms with Crippen LogP contribution in [0.3, 0.4) is 0 Å². The molecule has 4 aromatic carbocycles. The van der Waals surface area contributed by atoms with E-state index in [1.165, 1.54) is 38.9 Å². The molecule has 2 atom stereocenters. The van der Waals surface area contributed by atoms with Gasteiger partial charge in [0.2, 0.25) is 0 Å². The van der Waals surface area contributed by atoms with Crippen LogP contribution >= 0.6 is 0 Å². The van der Waals surface area contributed by atoms with Crippen molar-refractivity contribution in [1.82, 2.24) is 0 Å². The molecule has 0 aromatic heterocycles. The number of aliphatic carboxylic acids is 1. The van der Waals surface area contributed by atoms with Crippen LogP contribution in [0.2, 0.25) is 0 Å². The van der Waals surface area contributed by atoms with Gasteiger partial charge in [0.25, 0.3) is 0 Å². The summed E-state index contributed by atoms with van der Waals surface area (Å²) in [4.78, 5) is 22.1. The van der Waals surface area contributed by atoms with Crippen molar-refractivity contribution in [2.75, 3.05) is 13.2 Å². The Balaban J connectivity index is 0.000000317. The maximum absolute atomic E-state index is 11.4. The molecule has 9 heteroatoms. The predicted molar refractivity (Wildman–Crippen MR) is 299 cm³/mol. The molecule has 0 saturated carbocycles. The standard InChI is InChI=1S/C32H46O5.C32H44O4/c1-8-31(36,9-2)20-24(7)28-15-12-25(18-22(28)5)32(10-3,11-4)26-13-16-29(23(6)19-26)37-21-27(33)14-17-30(34)35;1-8-31(34,9-2)20-24(7)28-15-12-25(18-22(28)5)32(10-3,11-4)26-13-16-29(23(6)19-26)35-21-27-14-17-30(33)36-27/h12-13,15-16,18-20,27,33,36H,8-11,14,17,21H2,1-7H3,(H,34,35);12-13,15-16,18-20,27,34H,8-11,14,17,21H2,1-7H3/b2*24-20+/t2*27-/m00/s1. The van der Waals surface area contributed by atoms with Gasteiger partial charge in [-0.3, -0.25) is 9.59 Å². The smallest absolute Gasteiger partial charge is 0.306 e. The Morgan fingerprint density at radius 3 is 1.33 bits per heavy atom. The Bertz CT molecular complexity index is 2510. The van der Waals surface area contributed by atoms with Crippen LogP contribution in [-0.4, -0.2) is 69.0 Å². The van der Waals surface area contributed by atoms with E-state index in [9.17, 15) is 24.9 Å². The molecule has 1 heterocycles. The van der Waals surface area contributed by atoms with Crippen molar-refractivity contribution >= 4 is 23.1 Å². The maximum Gasteiger partial charge on any atom is 0.306 e. The average molecular weight is 1000 g/mol. The lowest BCUT2D eigenvalue weighted by Crippen LogP contribution is -2.26. The number of carboxylic acids is 1. The number of esters is 1. The van der Waals surface area contributed by atoms with Crippen molar-refractivity contribution in [1.29, 1.82) is 0 Å². The van der Waals surface area contributed by atoms with Crippen molar-refractivity contribution in [3.63, 3.8) is 0 Å². The molecular weight excluding hydrogens is 913 g/mol. The molecule has 4 N–H and O–H groups in total. The fourth-order valence-corrected chi connectivity index (χ4v) is 10.8. The molecule has 1 aliphatic heterocycles. The molecule has 0 bridgehead atoms. The second-order valence-corrected chi connectivity index (χ2v) is 20.7. The minimum Gasteiger partial charge on any atom is -0.491 e. The van der Waals surface area contributed by atoms with E-state index in [1.54, 1.807) is 0 Å². The van der Waals surface area contributed by atoms with E-state index in [0.29, 0.717) is 44.5 Å². The number of hydrogen-bond acceptors (Lipinski definition) is 8. The van der Waals surface area contributed by atoms with Crippen LogP contribution in [0.15, 0.2) is 84.9 Å². The number of aryl methyl sites for hydroxylation is 4. The fourth-order valence-electron chi connectivity index (χ4n) is 10.8. The summed E-state index contributed by atoms with van der Waals surface area (Å²) in [7, 11) is 0. The predicted octanol–water partition coefficient (Wildman–Crippen LogP) is 14.4. The number of ether oxygens (including phenoxy) is 3. The average Bonchev–Trinajstić information content (AvgIpc) is 3.80. The summed E-state index contributed by atoms with van der Waals surface area (Å²) in [5.74, 6) is 0.484. The number of hydrogen-bond donors (Lipinski definition) is 4. The molecule has 1 aliphatic rings. The van der Waals surface area contributed by atoms with E-state index in [-0.39, 0.29) is 42.4 Å². The molecule has 400 valence electrons. The summed E-state index contributed by atoms with van der Waals surface area (Å²) < 4.78 is 17.1. The molecule has 73 heavy (non-hydrogen) atoms. The van der Waals surface area contributed by atoms with Gasteiger partial charge in [-0.25, -0.2) is 0 Å². The van der Waals surface area contributed by atoms with Gasteiger partial charge in [0, 0.05) is 23.7 Å². The molecule has 1 fully saturated rings. The van der Waals surface area contributed by atoms with Crippen molar-refractivity contribution in [2.45, 2.75) is 208 Å². The van der Waals surface area contributed by atoms with Gasteiger partial charge in [0.1, 0.15) is 30.8 Å². The van der Waals surface area contributed by atoms with Crippen LogP contribution in [0.5, 0.6) is 11.5 Å². The number of carbonyl (C=O) groups is 2. The van der Waals surface area contributed by atoms with E-state index in [1.807, 2.05) is 52.8 Å². The van der Waals surface area contributed by atoms with E-state index in [4.69, 9.17) is 19.3 Å². The Morgan fingerprint density at radius 2 is 1.00 bits per heavy atom. The zero-order chi connectivity index (χ0) is 54.3. The van der Waals surface area contributed by atoms with Gasteiger partial charge in [-0.2, -0.15) is 0 Å². The van der Waals surface area contributed by atoms with Gasteiger partial charge in [-0.15, -0.1) is 0 Å². The van der Waals surface area contributed by atoms with Crippen molar-refractivity contribution in [3.8, 4) is 11.5 Å². The van der Waals surface area contributed by atoms with E-state index in [2.05, 4.69) is 129 Å². The first kappa shape index (κ1) is 60.3. The van der Waals surface area contributed by atoms with Gasteiger partial charge in [0.05, 0.1) is 17.3 Å². The van der Waals surface area contributed by atoms with Gasteiger partial charge in [0.15, 0.2) is 0 Å². The number of cyclic esters (lactones) is 1. The summed E-state index contributed by atoms with van der Waals surface area (Å²) in [6.45, 7) is 30.1. The third-order valence-corrected chi connectivity index (χ3v) is 16.2. The van der Waals surface area contributed by atoms with Gasteiger partial charge >= 0.3 is 11.9 Å². The third kappa shape index (κ3) is 15.0. The Morgan fingerprint density at radius 1 is 0.616 bits per heavy atom. The van der Waals surface area contributed by atoms with Crippen molar-refractivity contribution < 1.29 is 44.2 Å². The largest absolute Gasteiger partial charge is 0.491 e. The van der Waals surface area contributed by atoms with Crippen molar-refractivity contribution in [2.24, 2.45) is 0 Å². The lowest BCUT2D eigenvalue weighted by molar-refractivity contribution is -0.142. The third-order valence-electron chi connectivity index (χ3n) is 16.2. The van der Waals surface area contributed by atoms with Crippen LogP contribution in [0, 0.1) is 27.7 Å². The molecule has 0 unspecified atom stereocenters. The lowest BCUT2D eigenvalue weighted by atomic mass is 9.69. The second-order valence-electron chi connectivity index (χ2n) is 20.7. The molecule has 0 aliphatic carbocycles. The number of carbonyl (C=O) groups excluding carboxylic acids is 1. The fraction of sp³-hybridized carbons (Fsp3) is 0.531. The number of aliphatic hydroxyl groups is 3. The van der Waals surface area contributed by atoms with Crippen LogP contribution in [0.4, 0.5) is 0 Å². The molecule has 0 radical (unpaired) electrons. The minimum atomic E-state index is -0.923. The molecule has 5 rings (SSSR count). The minimum absolute atomic E-state index is 0.0683. The van der Waals surface area contributed by atoms with Gasteiger partial charge in [-0.05, 0) is 197 Å². The summed E-state index contributed by atoms with van der Waals surface area (Å²) in [5.41, 5.74) is 12.4. The number of carboxylic acid groups (broad SMARTS) is 1. The number of benzene rings is 4. The first-order valence-corrected chi connectivity index (χ1v) is 27.2. The number of aliphatic hydroxyl groups excluding tert-OH is 1. The zero-order valence-corrected chi connectivity index (χ0v) is 47.0. The van der Waals surface area contributed by atoms with Crippen molar-refractivity contribution in [3.05, 3.63) is 141 Å². The Labute approximate surface area is 439 Å². The molecule has 0 amide bonds. The number of rotatable bonds is 25. The SMILES string of the molecule is CCC(O)(/C=C(\C)c1ccc(C(CC)(CC)c2ccc(OC[C@@H](O)CCC(=O)O)c(C)c2)cc1C)CC.CCC(O)(/C=C(\C)c1ccc(C(CC)(CC)c2ccc(OC[C@@H]3CCC(=O)O3)c(C)c2)cc1C)CC. The van der Waals surface area contributed by atoms with Gasteiger partial charge in [-0.1, -0.05) is 116 Å². The first-order valence-electron chi connectivity index (χ1n) is 27.2. The second kappa shape index (κ2) is 26.8. The molecule has 4 aromatic rings. The maximum atomic E-state index is 11.4. The summed E-state index contributed by atoms with van der Waals surface area (Å²) in [5, 5.41) is 40.4. The van der Waals surface area contributed by atoms with Gasteiger partial charge < -0.3 is 34.6 Å². The highest BCUT2D eigenvalue weighted by Crippen LogP contribution is 2.43. The zero-order valence-electron chi connectivity index (χ0n) is 47.0. The normalized spacial score (nSPS) is 15.1.